The number of oxazole rings is 1. The highest BCUT2D eigenvalue weighted by molar-refractivity contribution is 5.93. The van der Waals surface area contributed by atoms with E-state index in [1.54, 1.807) is 13.3 Å². The van der Waals surface area contributed by atoms with Crippen molar-refractivity contribution in [1.29, 1.82) is 0 Å². The standard InChI is InChI=1S/C18H15N5O2/c1-11-9-25-18(20-11)17(24)7-14-6-13-5-12(3-4-15(13)22-21-14)16-8-19-10-23(16)2/h3-6,8-10H,7H2,1-2H3. The molecule has 0 saturated heterocycles. The molecular weight excluding hydrogens is 318 g/mol. The van der Waals surface area contributed by atoms with Gasteiger partial charge in [-0.2, -0.15) is 10.2 Å². The molecule has 0 radical (unpaired) electrons. The first-order valence-corrected chi connectivity index (χ1v) is 7.78. The lowest BCUT2D eigenvalue weighted by atomic mass is 10.1. The first-order valence-electron chi connectivity index (χ1n) is 7.78. The zero-order valence-corrected chi connectivity index (χ0v) is 13.8. The van der Waals surface area contributed by atoms with Crippen LogP contribution in [-0.2, 0) is 13.5 Å². The number of fused-ring (bicyclic) bond motifs is 1. The Hall–Kier alpha value is -3.35. The Morgan fingerprint density at radius 1 is 1.24 bits per heavy atom. The van der Waals surface area contributed by atoms with Crippen molar-refractivity contribution in [3.05, 3.63) is 60.3 Å². The smallest absolute Gasteiger partial charge is 0.263 e. The number of aryl methyl sites for hydroxylation is 2. The molecule has 0 bridgehead atoms. The minimum Gasteiger partial charge on any atom is -0.442 e. The first-order chi connectivity index (χ1) is 12.1. The number of imidazole rings is 1. The zero-order chi connectivity index (χ0) is 17.4. The molecule has 7 nitrogen and oxygen atoms in total. The number of nitrogens with zero attached hydrogens (tertiary/aromatic N) is 5. The Kier molecular flexibility index (Phi) is 3.61. The maximum absolute atomic E-state index is 12.2. The van der Waals surface area contributed by atoms with Crippen LogP contribution in [0.25, 0.3) is 22.2 Å². The summed E-state index contributed by atoms with van der Waals surface area (Å²) in [6, 6.07) is 7.78. The largest absolute Gasteiger partial charge is 0.442 e. The fraction of sp³-hybridized carbons (Fsp3) is 0.167. The lowest BCUT2D eigenvalue weighted by molar-refractivity contribution is 0.0958. The molecule has 0 atom stereocenters. The second kappa shape index (κ2) is 5.94. The van der Waals surface area contributed by atoms with Crippen molar-refractivity contribution in [3.63, 3.8) is 0 Å². The predicted octanol–water partition coefficient (Wildman–Crippen LogP) is 2.75. The highest BCUT2D eigenvalue weighted by Gasteiger charge is 2.14. The summed E-state index contributed by atoms with van der Waals surface area (Å²) in [4.78, 5) is 20.4. The molecule has 1 aromatic carbocycles. The molecule has 4 rings (SSSR count). The summed E-state index contributed by atoms with van der Waals surface area (Å²) in [6.45, 7) is 1.77. The number of hydrogen-bond donors (Lipinski definition) is 0. The van der Waals surface area contributed by atoms with Crippen molar-refractivity contribution in [1.82, 2.24) is 24.7 Å². The van der Waals surface area contributed by atoms with Crippen LogP contribution >= 0.6 is 0 Å². The Bertz CT molecular complexity index is 1080. The summed E-state index contributed by atoms with van der Waals surface area (Å²) in [5.74, 6) is -0.118. The van der Waals surface area contributed by atoms with Gasteiger partial charge in [0.05, 0.1) is 41.5 Å². The summed E-state index contributed by atoms with van der Waals surface area (Å²) in [6.07, 6.45) is 5.12. The van der Waals surface area contributed by atoms with E-state index in [0.29, 0.717) is 11.4 Å². The zero-order valence-electron chi connectivity index (χ0n) is 13.8. The van der Waals surface area contributed by atoms with E-state index >= 15 is 0 Å². The first kappa shape index (κ1) is 15.2. The highest BCUT2D eigenvalue weighted by Crippen LogP contribution is 2.23. The van der Waals surface area contributed by atoms with Gasteiger partial charge in [-0.05, 0) is 25.1 Å². The molecule has 0 N–H and O–H groups in total. The molecule has 0 saturated carbocycles. The maximum Gasteiger partial charge on any atom is 0.263 e. The van der Waals surface area contributed by atoms with Gasteiger partial charge in [-0.1, -0.05) is 6.07 Å². The van der Waals surface area contributed by atoms with E-state index < -0.39 is 0 Å². The van der Waals surface area contributed by atoms with Crippen molar-refractivity contribution in [2.45, 2.75) is 13.3 Å². The third-order valence-electron chi connectivity index (χ3n) is 3.95. The normalized spacial score (nSPS) is 11.1. The number of ketones is 1. The van der Waals surface area contributed by atoms with Crippen LogP contribution in [0, 0.1) is 6.92 Å². The Labute approximate surface area is 143 Å². The average Bonchev–Trinajstić information content (AvgIpc) is 3.22. The van der Waals surface area contributed by atoms with Crippen LogP contribution in [-0.4, -0.2) is 30.5 Å². The van der Waals surface area contributed by atoms with Gasteiger partial charge in [0.1, 0.15) is 6.26 Å². The molecule has 3 aromatic heterocycles. The number of Topliss-reactive ketones (excluding diaryl/α,β-unsaturated/α-hetero) is 1. The quantitative estimate of drug-likeness (QED) is 0.534. The van der Waals surface area contributed by atoms with Gasteiger partial charge in [0.25, 0.3) is 5.89 Å². The maximum atomic E-state index is 12.2. The summed E-state index contributed by atoms with van der Waals surface area (Å²) >= 11 is 0. The molecule has 0 unspecified atom stereocenters. The minimum atomic E-state index is -0.218. The van der Waals surface area contributed by atoms with E-state index in [1.807, 2.05) is 42.1 Å². The van der Waals surface area contributed by atoms with Crippen molar-refractivity contribution in [2.24, 2.45) is 7.05 Å². The third kappa shape index (κ3) is 2.91. The molecule has 0 spiro atoms. The Morgan fingerprint density at radius 2 is 2.12 bits per heavy atom. The molecule has 0 aliphatic heterocycles. The number of rotatable bonds is 4. The van der Waals surface area contributed by atoms with Gasteiger partial charge in [-0.25, -0.2) is 9.97 Å². The lowest BCUT2D eigenvalue weighted by Crippen LogP contribution is -2.06. The van der Waals surface area contributed by atoms with Gasteiger partial charge >= 0.3 is 0 Å². The number of carbonyl (C=O) groups excluding carboxylic acids is 1. The molecule has 0 aliphatic carbocycles. The van der Waals surface area contributed by atoms with E-state index in [2.05, 4.69) is 20.2 Å². The second-order valence-corrected chi connectivity index (χ2v) is 5.89. The summed E-state index contributed by atoms with van der Waals surface area (Å²) in [5, 5.41) is 9.25. The van der Waals surface area contributed by atoms with Gasteiger partial charge in [-0.15, -0.1) is 0 Å². The third-order valence-corrected chi connectivity index (χ3v) is 3.95. The van der Waals surface area contributed by atoms with Crippen LogP contribution in [0.15, 0.2) is 47.5 Å². The molecule has 0 amide bonds. The topological polar surface area (TPSA) is 86.7 Å². The Morgan fingerprint density at radius 3 is 2.84 bits per heavy atom. The van der Waals surface area contributed by atoms with E-state index in [1.165, 1.54) is 6.26 Å². The highest BCUT2D eigenvalue weighted by atomic mass is 16.3. The molecule has 124 valence electrons. The van der Waals surface area contributed by atoms with Crippen LogP contribution in [0.2, 0.25) is 0 Å². The molecule has 7 heteroatoms. The van der Waals surface area contributed by atoms with Crippen LogP contribution in [0.3, 0.4) is 0 Å². The fourth-order valence-electron chi connectivity index (χ4n) is 2.69. The molecule has 25 heavy (non-hydrogen) atoms. The minimum absolute atomic E-state index is 0.0961. The van der Waals surface area contributed by atoms with Crippen molar-refractivity contribution in [2.75, 3.05) is 0 Å². The number of hydrogen-bond acceptors (Lipinski definition) is 6. The molecular formula is C18H15N5O2. The van der Waals surface area contributed by atoms with E-state index in [0.717, 1.165) is 22.2 Å². The number of aromatic nitrogens is 5. The van der Waals surface area contributed by atoms with E-state index in [9.17, 15) is 4.79 Å². The van der Waals surface area contributed by atoms with Crippen LogP contribution in [0.1, 0.15) is 22.1 Å². The van der Waals surface area contributed by atoms with Crippen LogP contribution in [0.4, 0.5) is 0 Å². The van der Waals surface area contributed by atoms with Crippen LogP contribution < -0.4 is 0 Å². The second-order valence-electron chi connectivity index (χ2n) is 5.89. The van der Waals surface area contributed by atoms with Crippen LogP contribution in [0.5, 0.6) is 0 Å². The van der Waals surface area contributed by atoms with Gasteiger partial charge in [0.2, 0.25) is 5.78 Å². The van der Waals surface area contributed by atoms with E-state index in [-0.39, 0.29) is 18.1 Å². The average molecular weight is 333 g/mol. The summed E-state index contributed by atoms with van der Waals surface area (Å²) in [5.41, 5.74) is 4.06. The van der Waals surface area contributed by atoms with Gasteiger partial charge in [0, 0.05) is 18.0 Å². The van der Waals surface area contributed by atoms with Gasteiger partial charge < -0.3 is 8.98 Å². The van der Waals surface area contributed by atoms with Crippen molar-refractivity contribution >= 4 is 16.7 Å². The summed E-state index contributed by atoms with van der Waals surface area (Å²) < 4.78 is 7.10. The SMILES string of the molecule is Cc1coc(C(=O)Cc2cc3cc(-c4cncn4C)ccc3nn2)n1. The number of benzene rings is 1. The monoisotopic (exact) mass is 333 g/mol. The predicted molar refractivity (Wildman–Crippen MR) is 91.0 cm³/mol. The lowest BCUT2D eigenvalue weighted by Gasteiger charge is -2.05. The molecule has 0 fully saturated rings. The fourth-order valence-corrected chi connectivity index (χ4v) is 2.69. The van der Waals surface area contributed by atoms with Crippen molar-refractivity contribution < 1.29 is 9.21 Å². The number of carbonyl (C=O) groups is 1. The molecule has 4 aromatic rings. The van der Waals surface area contributed by atoms with E-state index in [4.69, 9.17) is 4.42 Å². The molecule has 3 heterocycles. The van der Waals surface area contributed by atoms with Crippen molar-refractivity contribution in [3.8, 4) is 11.3 Å². The molecule has 0 aliphatic rings. The van der Waals surface area contributed by atoms with Gasteiger partial charge in [0.15, 0.2) is 0 Å². The Balaban J connectivity index is 1.67. The van der Waals surface area contributed by atoms with Gasteiger partial charge in [-0.3, -0.25) is 4.79 Å². The summed E-state index contributed by atoms with van der Waals surface area (Å²) in [7, 11) is 1.94.